The van der Waals surface area contributed by atoms with Crippen LogP contribution in [0.25, 0.3) is 0 Å². The van der Waals surface area contributed by atoms with Crippen LogP contribution in [0.3, 0.4) is 0 Å². The topological polar surface area (TPSA) is 0 Å². The fourth-order valence-electron chi connectivity index (χ4n) is 7.52. The van der Waals surface area contributed by atoms with E-state index in [0.29, 0.717) is 18.6 Å². The van der Waals surface area contributed by atoms with Gasteiger partial charge in [-0.05, 0) is 138 Å². The molecule has 0 amide bonds. The van der Waals surface area contributed by atoms with Crippen LogP contribution in [0.15, 0.2) is 72.8 Å². The van der Waals surface area contributed by atoms with Gasteiger partial charge in [-0.1, -0.05) is 78.1 Å². The van der Waals surface area contributed by atoms with Crippen molar-refractivity contribution in [2.75, 3.05) is 0 Å². The van der Waals surface area contributed by atoms with Crippen LogP contribution in [0.4, 0.5) is 39.5 Å². The summed E-state index contributed by atoms with van der Waals surface area (Å²) in [4.78, 5) is 0. The summed E-state index contributed by atoms with van der Waals surface area (Å²) in [6, 6.07) is 17.6. The zero-order valence-corrected chi connectivity index (χ0v) is 30.4. The van der Waals surface area contributed by atoms with Crippen molar-refractivity contribution in [1.29, 1.82) is 0 Å². The predicted molar refractivity (Wildman–Crippen MR) is 187 cm³/mol. The third-order valence-corrected chi connectivity index (χ3v) is 15.1. The van der Waals surface area contributed by atoms with E-state index >= 15 is 0 Å². The molecule has 4 aromatic carbocycles. The van der Waals surface area contributed by atoms with Gasteiger partial charge in [-0.15, -0.1) is 0 Å². The Morgan fingerprint density at radius 3 is 1.26 bits per heavy atom. The van der Waals surface area contributed by atoms with Crippen molar-refractivity contribution in [3.8, 4) is 0 Å². The second-order valence-electron chi connectivity index (χ2n) is 13.7. The first-order valence-electron chi connectivity index (χ1n) is 16.4. The number of hydrogen-bond acceptors (Lipinski definition) is 0. The normalized spacial score (nSPS) is 18.5. The van der Waals surface area contributed by atoms with E-state index in [9.17, 15) is 39.5 Å². The maximum absolute atomic E-state index is 14.2. The fraction of sp³-hybridized carbons (Fsp3) is 0.385. The predicted octanol–water partition coefficient (Wildman–Crippen LogP) is 11.4. The first-order valence-corrected chi connectivity index (χ1v) is 19.2. The second kappa shape index (κ2) is 14.3. The standard InChI is InChI=1S/C39H39F9P2/c1-22-10-23(2)14-31(13-22)50(32-15-24(3)11-25(4)16-32)36-9-7-8-35(36)27(6)49(33-17-26(5)12-28(19-33)37(40,41)42)34-20-29(38(43,44)45)18-30(21-34)39(46,47)48/h10-21,27,35-36H,7-9H2,1-6H3/t27-,35?,36?,49?/m1/s1. The highest BCUT2D eigenvalue weighted by Crippen LogP contribution is 2.57. The molecule has 0 bridgehead atoms. The Morgan fingerprint density at radius 2 is 0.840 bits per heavy atom. The van der Waals surface area contributed by atoms with Gasteiger partial charge < -0.3 is 0 Å². The molecule has 1 saturated carbocycles. The van der Waals surface area contributed by atoms with Crippen LogP contribution in [-0.4, -0.2) is 11.3 Å². The van der Waals surface area contributed by atoms with Gasteiger partial charge in [-0.3, -0.25) is 0 Å². The van der Waals surface area contributed by atoms with Crippen LogP contribution in [-0.2, 0) is 18.5 Å². The maximum Gasteiger partial charge on any atom is 0.416 e. The third-order valence-electron chi connectivity index (χ3n) is 9.38. The van der Waals surface area contributed by atoms with E-state index in [1.807, 2.05) is 34.6 Å². The number of halogens is 9. The summed E-state index contributed by atoms with van der Waals surface area (Å²) in [5.41, 5.74) is 0.0465. The van der Waals surface area contributed by atoms with Crippen molar-refractivity contribution in [2.45, 2.75) is 90.7 Å². The number of aryl methyl sites for hydroxylation is 5. The molecule has 4 atom stereocenters. The minimum atomic E-state index is -5.10. The van der Waals surface area contributed by atoms with Gasteiger partial charge in [0.05, 0.1) is 16.7 Å². The lowest BCUT2D eigenvalue weighted by Crippen LogP contribution is -2.34. The van der Waals surface area contributed by atoms with E-state index in [0.717, 1.165) is 57.8 Å². The molecule has 3 unspecified atom stereocenters. The number of benzene rings is 4. The Labute approximate surface area is 290 Å². The van der Waals surface area contributed by atoms with E-state index in [1.165, 1.54) is 13.0 Å². The van der Waals surface area contributed by atoms with Crippen molar-refractivity contribution in [2.24, 2.45) is 5.92 Å². The summed E-state index contributed by atoms with van der Waals surface area (Å²) >= 11 is 0. The molecule has 5 rings (SSSR count). The molecule has 0 N–H and O–H groups in total. The zero-order valence-electron chi connectivity index (χ0n) is 28.6. The smallest absolute Gasteiger partial charge is 0.166 e. The van der Waals surface area contributed by atoms with E-state index in [1.54, 1.807) is 0 Å². The molecule has 0 saturated heterocycles. The summed E-state index contributed by atoms with van der Waals surface area (Å²) < 4.78 is 127. The van der Waals surface area contributed by atoms with Crippen LogP contribution in [0, 0.1) is 40.5 Å². The highest BCUT2D eigenvalue weighted by Gasteiger charge is 2.44. The summed E-state index contributed by atoms with van der Waals surface area (Å²) in [7, 11) is -3.19. The molecule has 0 nitrogen and oxygen atoms in total. The zero-order chi connectivity index (χ0) is 36.9. The van der Waals surface area contributed by atoms with Gasteiger partial charge in [-0.25, -0.2) is 0 Å². The van der Waals surface area contributed by atoms with Crippen LogP contribution in [0.5, 0.6) is 0 Å². The molecule has 0 heterocycles. The summed E-state index contributed by atoms with van der Waals surface area (Å²) in [6.45, 7) is 11.3. The fourth-order valence-corrected chi connectivity index (χ4v) is 14.5. The monoisotopic (exact) mass is 740 g/mol. The lowest BCUT2D eigenvalue weighted by Gasteiger charge is -2.38. The van der Waals surface area contributed by atoms with E-state index < -0.39 is 56.7 Å². The van der Waals surface area contributed by atoms with Crippen molar-refractivity contribution >= 4 is 37.1 Å². The van der Waals surface area contributed by atoms with Crippen LogP contribution in [0.1, 0.15) is 70.7 Å². The van der Waals surface area contributed by atoms with Gasteiger partial charge >= 0.3 is 18.5 Å². The van der Waals surface area contributed by atoms with Crippen molar-refractivity contribution in [3.05, 3.63) is 117 Å². The molecular weight excluding hydrogens is 701 g/mol. The van der Waals surface area contributed by atoms with Crippen LogP contribution in [0.2, 0.25) is 0 Å². The Bertz CT molecular complexity index is 1730. The van der Waals surface area contributed by atoms with E-state index in [2.05, 4.69) is 36.4 Å². The highest BCUT2D eigenvalue weighted by molar-refractivity contribution is 7.74. The minimum Gasteiger partial charge on any atom is -0.166 e. The van der Waals surface area contributed by atoms with Gasteiger partial charge in [0.15, 0.2) is 0 Å². The molecular formula is C39H39F9P2. The molecule has 11 heteroatoms. The molecule has 4 aromatic rings. The highest BCUT2D eigenvalue weighted by atomic mass is 31.1. The molecule has 1 fully saturated rings. The van der Waals surface area contributed by atoms with Crippen LogP contribution < -0.4 is 21.2 Å². The molecule has 50 heavy (non-hydrogen) atoms. The lowest BCUT2D eigenvalue weighted by atomic mass is 10.0. The van der Waals surface area contributed by atoms with Crippen molar-refractivity contribution in [1.82, 2.24) is 0 Å². The molecule has 1 aliphatic rings. The molecule has 0 aliphatic heterocycles. The summed E-state index contributed by atoms with van der Waals surface area (Å²) in [6.07, 6.45) is -12.7. The van der Waals surface area contributed by atoms with Gasteiger partial charge in [0.1, 0.15) is 0 Å². The minimum absolute atomic E-state index is 0.00724. The van der Waals surface area contributed by atoms with Gasteiger partial charge in [0, 0.05) is 0 Å². The quantitative estimate of drug-likeness (QED) is 0.131. The molecule has 0 aromatic heterocycles. The average molecular weight is 741 g/mol. The van der Waals surface area contributed by atoms with Gasteiger partial charge in [0.25, 0.3) is 0 Å². The van der Waals surface area contributed by atoms with Gasteiger partial charge in [0.2, 0.25) is 0 Å². The van der Waals surface area contributed by atoms with Gasteiger partial charge in [-0.2, -0.15) is 39.5 Å². The number of rotatable bonds is 7. The SMILES string of the molecule is Cc1cc(C)cc(P(c2cc(C)cc(C)c2)C2CCCC2[C@@H](C)P(c2cc(C)cc(C(F)(F)F)c2)c2cc(C(F)(F)F)cc(C(F)(F)F)c2)c1. The molecule has 0 radical (unpaired) electrons. The Balaban J connectivity index is 1.74. The lowest BCUT2D eigenvalue weighted by molar-refractivity contribution is -0.143. The van der Waals surface area contributed by atoms with E-state index in [4.69, 9.17) is 0 Å². The largest absolute Gasteiger partial charge is 0.416 e. The average Bonchev–Trinajstić information content (AvgIpc) is 3.44. The van der Waals surface area contributed by atoms with E-state index in [-0.39, 0.29) is 33.8 Å². The first-order chi connectivity index (χ1) is 23.1. The number of alkyl halides is 9. The maximum atomic E-state index is 14.2. The third kappa shape index (κ3) is 8.59. The summed E-state index contributed by atoms with van der Waals surface area (Å²) in [5.74, 6) is -0.187. The summed E-state index contributed by atoms with van der Waals surface area (Å²) in [5, 5.41) is 2.13. The Hall–Kier alpha value is -2.89. The van der Waals surface area contributed by atoms with Crippen molar-refractivity contribution < 1.29 is 39.5 Å². The van der Waals surface area contributed by atoms with Crippen molar-refractivity contribution in [3.63, 3.8) is 0 Å². The number of hydrogen-bond donors (Lipinski definition) is 0. The molecule has 0 spiro atoms. The Morgan fingerprint density at radius 1 is 0.480 bits per heavy atom. The molecule has 1 aliphatic carbocycles. The molecule has 268 valence electrons. The first kappa shape index (κ1) is 38.3. The second-order valence-corrected chi connectivity index (χ2v) is 18.7. The Kier molecular flexibility index (Phi) is 10.9. The van der Waals surface area contributed by atoms with Crippen LogP contribution >= 0.6 is 15.8 Å².